The molecule has 2 aliphatic heterocycles. The molecule has 2 atom stereocenters. The van der Waals surface area contributed by atoms with E-state index in [1.54, 1.807) is 40.6 Å². The van der Waals surface area contributed by atoms with E-state index < -0.39 is 16.9 Å². The molecule has 0 bridgehead atoms. The van der Waals surface area contributed by atoms with Crippen molar-refractivity contribution in [3.05, 3.63) is 87.0 Å². The van der Waals surface area contributed by atoms with Gasteiger partial charge in [0.1, 0.15) is 5.69 Å². The summed E-state index contributed by atoms with van der Waals surface area (Å²) >= 11 is 0. The number of carbonyl (C=O) groups excluding carboxylic acids is 1. The van der Waals surface area contributed by atoms with Gasteiger partial charge in [-0.3, -0.25) is 14.9 Å². The molecule has 240 valence electrons. The number of amides is 1. The largest absolute Gasteiger partial charge is 0.493 e. The van der Waals surface area contributed by atoms with E-state index in [2.05, 4.69) is 6.08 Å². The van der Waals surface area contributed by atoms with Gasteiger partial charge in [-0.1, -0.05) is 12.1 Å². The number of nitro benzene ring substituents is 1. The van der Waals surface area contributed by atoms with Gasteiger partial charge in [-0.2, -0.15) is 5.10 Å². The highest BCUT2D eigenvalue weighted by Gasteiger charge is 2.44. The summed E-state index contributed by atoms with van der Waals surface area (Å²) in [4.78, 5) is 28.1. The van der Waals surface area contributed by atoms with Gasteiger partial charge in [0.05, 0.1) is 45.1 Å². The highest BCUT2D eigenvalue weighted by Crippen LogP contribution is 2.47. The molecule has 2 fully saturated rings. The molecule has 0 unspecified atom stereocenters. The zero-order chi connectivity index (χ0) is 32.4. The number of ether oxygens (including phenoxy) is 4. The number of nitro groups is 1. The number of anilines is 1. The SMILES string of the molecule is COc1ccc(/C=C2/CCC[C@@H]3C2=NN(C(=O)c2ccc(N4CCCC4)c([N+](=O)[O-])c2)[C@H]3c2ccc(OC)c(OC)c2)cc1OC. The molecule has 0 aromatic heterocycles. The summed E-state index contributed by atoms with van der Waals surface area (Å²) in [6.07, 6.45) is 6.57. The molecular weight excluding hydrogens is 588 g/mol. The first-order valence-corrected chi connectivity index (χ1v) is 15.5. The summed E-state index contributed by atoms with van der Waals surface area (Å²) in [5.74, 6) is 1.89. The van der Waals surface area contributed by atoms with E-state index in [9.17, 15) is 14.9 Å². The Kier molecular flexibility index (Phi) is 8.83. The second-order valence-electron chi connectivity index (χ2n) is 11.6. The Morgan fingerprint density at radius 1 is 0.870 bits per heavy atom. The van der Waals surface area contributed by atoms with Crippen LogP contribution in [-0.2, 0) is 0 Å². The third kappa shape index (κ3) is 5.73. The van der Waals surface area contributed by atoms with Gasteiger partial charge in [0.25, 0.3) is 11.6 Å². The molecule has 1 saturated heterocycles. The number of fused-ring (bicyclic) bond motifs is 1. The Labute approximate surface area is 268 Å². The van der Waals surface area contributed by atoms with Crippen LogP contribution in [0.5, 0.6) is 23.0 Å². The number of hydrogen-bond donors (Lipinski definition) is 0. The van der Waals surface area contributed by atoms with Gasteiger partial charge in [-0.15, -0.1) is 0 Å². The molecule has 1 amide bonds. The van der Waals surface area contributed by atoms with Crippen LogP contribution < -0.4 is 23.8 Å². The van der Waals surface area contributed by atoms with Crippen LogP contribution in [0.4, 0.5) is 11.4 Å². The third-order valence-corrected chi connectivity index (χ3v) is 9.07. The van der Waals surface area contributed by atoms with Crippen molar-refractivity contribution in [2.24, 2.45) is 11.0 Å². The van der Waals surface area contributed by atoms with Gasteiger partial charge in [0, 0.05) is 30.6 Å². The summed E-state index contributed by atoms with van der Waals surface area (Å²) in [6, 6.07) is 15.7. The van der Waals surface area contributed by atoms with Gasteiger partial charge in [-0.25, -0.2) is 5.01 Å². The highest BCUT2D eigenvalue weighted by atomic mass is 16.6. The maximum absolute atomic E-state index is 14.4. The summed E-state index contributed by atoms with van der Waals surface area (Å²) < 4.78 is 22.0. The summed E-state index contributed by atoms with van der Waals surface area (Å²) in [5.41, 5.74) is 4.30. The van der Waals surface area contributed by atoms with Gasteiger partial charge in [0.2, 0.25) is 0 Å². The Bertz CT molecular complexity index is 1710. The maximum Gasteiger partial charge on any atom is 0.293 e. The molecule has 0 spiro atoms. The fourth-order valence-corrected chi connectivity index (χ4v) is 6.84. The molecule has 0 radical (unpaired) electrons. The molecule has 2 heterocycles. The predicted octanol–water partition coefficient (Wildman–Crippen LogP) is 6.67. The minimum absolute atomic E-state index is 0.0753. The number of benzene rings is 3. The van der Waals surface area contributed by atoms with Crippen molar-refractivity contribution in [3.63, 3.8) is 0 Å². The van der Waals surface area contributed by atoms with Crippen LogP contribution in [0.3, 0.4) is 0 Å². The molecule has 6 rings (SSSR count). The third-order valence-electron chi connectivity index (χ3n) is 9.07. The van der Waals surface area contributed by atoms with Crippen LogP contribution >= 0.6 is 0 Å². The Balaban J connectivity index is 1.43. The monoisotopic (exact) mass is 626 g/mol. The molecule has 11 heteroatoms. The zero-order valence-corrected chi connectivity index (χ0v) is 26.5. The van der Waals surface area contributed by atoms with Gasteiger partial charge in [0.15, 0.2) is 23.0 Å². The molecule has 1 saturated carbocycles. The lowest BCUT2D eigenvalue weighted by atomic mass is 9.77. The predicted molar refractivity (Wildman–Crippen MR) is 175 cm³/mol. The molecule has 3 aromatic rings. The minimum Gasteiger partial charge on any atom is -0.493 e. The van der Waals surface area contributed by atoms with Crippen LogP contribution in [0.15, 0.2) is 65.3 Å². The van der Waals surface area contributed by atoms with Gasteiger partial charge < -0.3 is 23.8 Å². The lowest BCUT2D eigenvalue weighted by molar-refractivity contribution is -0.384. The maximum atomic E-state index is 14.4. The molecule has 1 aliphatic carbocycles. The average molecular weight is 627 g/mol. The number of allylic oxidation sites excluding steroid dienone is 1. The summed E-state index contributed by atoms with van der Waals surface area (Å²) in [7, 11) is 6.36. The second-order valence-corrected chi connectivity index (χ2v) is 11.6. The summed E-state index contributed by atoms with van der Waals surface area (Å²) in [5, 5.41) is 18.7. The molecule has 3 aliphatic rings. The quantitative estimate of drug-likeness (QED) is 0.191. The van der Waals surface area contributed by atoms with E-state index in [0.717, 1.165) is 67.6 Å². The standard InChI is InChI=1S/C35H38N4O7/c1-43-29-14-10-22(19-31(29)45-3)18-23-8-7-9-26-33(23)36-38(34(26)24-12-15-30(44-2)32(21-24)46-4)35(40)25-11-13-27(28(20-25)39(41)42)37-16-5-6-17-37/h10-15,18-21,26,34H,5-9,16-17H2,1-4H3/b23-18-/t26-,34+/m1/s1. The van der Waals surface area contributed by atoms with E-state index in [-0.39, 0.29) is 17.2 Å². The Hall–Kier alpha value is -5.06. The van der Waals surface area contributed by atoms with Crippen LogP contribution in [0.25, 0.3) is 6.08 Å². The molecular formula is C35H38N4O7. The number of methoxy groups -OCH3 is 4. The normalized spacial score (nSPS) is 19.9. The first kappa shape index (κ1) is 30.9. The number of rotatable bonds is 9. The molecule has 11 nitrogen and oxygen atoms in total. The van der Waals surface area contributed by atoms with Crippen molar-refractivity contribution < 1.29 is 28.7 Å². The topological polar surface area (TPSA) is 116 Å². The van der Waals surface area contributed by atoms with Crippen molar-refractivity contribution in [3.8, 4) is 23.0 Å². The van der Waals surface area contributed by atoms with Crippen molar-refractivity contribution in [2.45, 2.75) is 38.1 Å². The first-order valence-electron chi connectivity index (χ1n) is 15.5. The lowest BCUT2D eigenvalue weighted by Crippen LogP contribution is -2.32. The Morgan fingerprint density at radius 2 is 1.54 bits per heavy atom. The van der Waals surface area contributed by atoms with E-state index in [1.807, 2.05) is 41.3 Å². The minimum atomic E-state index is -0.450. The Morgan fingerprint density at radius 3 is 2.22 bits per heavy atom. The van der Waals surface area contributed by atoms with Crippen LogP contribution in [0.2, 0.25) is 0 Å². The molecule has 0 N–H and O–H groups in total. The van der Waals surface area contributed by atoms with Crippen LogP contribution in [-0.4, -0.2) is 63.1 Å². The highest BCUT2D eigenvalue weighted by molar-refractivity contribution is 6.09. The van der Waals surface area contributed by atoms with Gasteiger partial charge in [-0.05, 0) is 91.3 Å². The van der Waals surface area contributed by atoms with E-state index in [1.165, 1.54) is 11.1 Å². The first-order chi connectivity index (χ1) is 22.4. The smallest absolute Gasteiger partial charge is 0.293 e. The van der Waals surface area contributed by atoms with Crippen molar-refractivity contribution in [1.29, 1.82) is 0 Å². The number of hydrogen-bond acceptors (Lipinski definition) is 9. The molecule has 46 heavy (non-hydrogen) atoms. The van der Waals surface area contributed by atoms with Crippen molar-refractivity contribution >= 4 is 29.1 Å². The number of carbonyl (C=O) groups is 1. The average Bonchev–Trinajstić information content (AvgIpc) is 3.77. The van der Waals surface area contributed by atoms with Crippen molar-refractivity contribution in [2.75, 3.05) is 46.4 Å². The zero-order valence-electron chi connectivity index (χ0n) is 26.5. The lowest BCUT2D eigenvalue weighted by Gasteiger charge is -2.30. The van der Waals surface area contributed by atoms with E-state index in [0.29, 0.717) is 28.7 Å². The van der Waals surface area contributed by atoms with E-state index >= 15 is 0 Å². The molecule has 3 aromatic carbocycles. The van der Waals surface area contributed by atoms with Crippen molar-refractivity contribution in [1.82, 2.24) is 5.01 Å². The van der Waals surface area contributed by atoms with Gasteiger partial charge >= 0.3 is 0 Å². The fourth-order valence-electron chi connectivity index (χ4n) is 6.84. The van der Waals surface area contributed by atoms with Crippen LogP contribution in [0, 0.1) is 16.0 Å². The van der Waals surface area contributed by atoms with Crippen LogP contribution in [0.1, 0.15) is 59.6 Å². The fraction of sp³-hybridized carbons (Fsp3) is 0.371. The van der Waals surface area contributed by atoms with E-state index in [4.69, 9.17) is 24.0 Å². The number of nitrogens with zero attached hydrogens (tertiary/aromatic N) is 4. The second kappa shape index (κ2) is 13.1. The number of hydrazone groups is 1. The summed E-state index contributed by atoms with van der Waals surface area (Å²) in [6.45, 7) is 1.51.